The Kier molecular flexibility index (Phi) is 2.89. The third-order valence-electron chi connectivity index (χ3n) is 2.22. The van der Waals surface area contributed by atoms with Gasteiger partial charge in [-0.05, 0) is 24.6 Å². The van der Waals surface area contributed by atoms with Crippen molar-refractivity contribution >= 4 is 17.3 Å². The van der Waals surface area contributed by atoms with Gasteiger partial charge in [0.1, 0.15) is 5.82 Å². The van der Waals surface area contributed by atoms with Gasteiger partial charge in [0.15, 0.2) is 0 Å². The van der Waals surface area contributed by atoms with Crippen LogP contribution in [0.15, 0.2) is 18.2 Å². The van der Waals surface area contributed by atoms with Gasteiger partial charge in [0.2, 0.25) is 0 Å². The molecule has 1 atom stereocenters. The first kappa shape index (κ1) is 9.74. The molecule has 0 spiro atoms. The summed E-state index contributed by atoms with van der Waals surface area (Å²) in [6.45, 7) is 1.46. The molecule has 76 valence electrons. The molecular weight excluding hydrogens is 205 g/mol. The van der Waals surface area contributed by atoms with Crippen LogP contribution in [0.4, 0.5) is 10.1 Å². The van der Waals surface area contributed by atoms with Crippen molar-refractivity contribution < 1.29 is 9.13 Å². The third kappa shape index (κ3) is 2.16. The number of nitrogens with one attached hydrogen (secondary N) is 1. The molecule has 0 aromatic heterocycles. The fourth-order valence-electron chi connectivity index (χ4n) is 1.47. The highest BCUT2D eigenvalue weighted by atomic mass is 35.5. The van der Waals surface area contributed by atoms with E-state index in [-0.39, 0.29) is 11.1 Å². The molecule has 0 aliphatic carbocycles. The van der Waals surface area contributed by atoms with Gasteiger partial charge in [-0.25, -0.2) is 4.39 Å². The number of rotatable bonds is 2. The smallest absolute Gasteiger partial charge is 0.143 e. The van der Waals surface area contributed by atoms with Crippen LogP contribution in [0.5, 0.6) is 0 Å². The molecule has 1 aliphatic rings. The van der Waals surface area contributed by atoms with Gasteiger partial charge < -0.3 is 10.1 Å². The molecule has 1 fully saturated rings. The Bertz CT molecular complexity index is 326. The lowest BCUT2D eigenvalue weighted by Gasteiger charge is -2.12. The summed E-state index contributed by atoms with van der Waals surface area (Å²) in [7, 11) is 0. The quantitative estimate of drug-likeness (QED) is 0.819. The van der Waals surface area contributed by atoms with Crippen molar-refractivity contribution in [3.8, 4) is 0 Å². The molecule has 1 N–H and O–H groups in total. The molecule has 1 aromatic carbocycles. The van der Waals surface area contributed by atoms with E-state index < -0.39 is 5.82 Å². The van der Waals surface area contributed by atoms with Gasteiger partial charge in [0.05, 0.1) is 17.7 Å². The molecular formula is C10H11ClFNO. The fourth-order valence-corrected chi connectivity index (χ4v) is 1.59. The van der Waals surface area contributed by atoms with Crippen molar-refractivity contribution in [2.24, 2.45) is 0 Å². The van der Waals surface area contributed by atoms with Gasteiger partial charge in [0, 0.05) is 12.3 Å². The summed E-state index contributed by atoms with van der Waals surface area (Å²) in [6, 6.07) is 5.01. The molecule has 2 nitrogen and oxygen atoms in total. The summed E-state index contributed by atoms with van der Waals surface area (Å²) in [4.78, 5) is 0. The van der Waals surface area contributed by atoms with Crippen LogP contribution in [0.1, 0.15) is 6.42 Å². The van der Waals surface area contributed by atoms with Gasteiger partial charge in [-0.2, -0.15) is 0 Å². The van der Waals surface area contributed by atoms with Crippen molar-refractivity contribution in [2.75, 3.05) is 18.5 Å². The molecule has 2 rings (SSSR count). The maximum absolute atomic E-state index is 13.0. The molecule has 1 aromatic rings. The van der Waals surface area contributed by atoms with E-state index in [0.717, 1.165) is 18.7 Å². The van der Waals surface area contributed by atoms with Crippen LogP contribution < -0.4 is 5.32 Å². The summed E-state index contributed by atoms with van der Waals surface area (Å²) in [5.74, 6) is -0.393. The highest BCUT2D eigenvalue weighted by Gasteiger charge is 2.15. The molecule has 1 unspecified atom stereocenters. The normalized spacial score (nSPS) is 21.1. The molecule has 14 heavy (non-hydrogen) atoms. The average Bonchev–Trinajstić information content (AvgIpc) is 2.64. The second kappa shape index (κ2) is 4.15. The predicted octanol–water partition coefficient (Wildman–Crippen LogP) is 2.68. The van der Waals surface area contributed by atoms with Gasteiger partial charge in [-0.3, -0.25) is 0 Å². The number of anilines is 1. The lowest BCUT2D eigenvalue weighted by Crippen LogP contribution is -2.18. The van der Waals surface area contributed by atoms with Crippen molar-refractivity contribution in [1.82, 2.24) is 0 Å². The van der Waals surface area contributed by atoms with Gasteiger partial charge in [-0.1, -0.05) is 11.6 Å². The SMILES string of the molecule is Fc1cc(NC2CCOC2)ccc1Cl. The summed E-state index contributed by atoms with van der Waals surface area (Å²) < 4.78 is 18.3. The minimum absolute atomic E-state index is 0.151. The molecule has 1 saturated heterocycles. The number of benzene rings is 1. The Hall–Kier alpha value is -0.800. The lowest BCUT2D eigenvalue weighted by molar-refractivity contribution is 0.195. The topological polar surface area (TPSA) is 21.3 Å². The van der Waals surface area contributed by atoms with Crippen molar-refractivity contribution in [2.45, 2.75) is 12.5 Å². The molecule has 1 heterocycles. The van der Waals surface area contributed by atoms with E-state index in [1.807, 2.05) is 0 Å². The van der Waals surface area contributed by atoms with Crippen molar-refractivity contribution in [3.05, 3.63) is 29.0 Å². The Morgan fingerprint density at radius 2 is 2.36 bits per heavy atom. The molecule has 4 heteroatoms. The van der Waals surface area contributed by atoms with E-state index in [2.05, 4.69) is 5.32 Å². The minimum Gasteiger partial charge on any atom is -0.380 e. The molecule has 0 amide bonds. The van der Waals surface area contributed by atoms with Crippen LogP contribution in [0.25, 0.3) is 0 Å². The summed E-state index contributed by atoms with van der Waals surface area (Å²) >= 11 is 5.57. The third-order valence-corrected chi connectivity index (χ3v) is 2.53. The zero-order valence-corrected chi connectivity index (χ0v) is 8.35. The van der Waals surface area contributed by atoms with Gasteiger partial charge in [0.25, 0.3) is 0 Å². The highest BCUT2D eigenvalue weighted by molar-refractivity contribution is 6.30. The molecule has 0 saturated carbocycles. The van der Waals surface area contributed by atoms with Gasteiger partial charge >= 0.3 is 0 Å². The summed E-state index contributed by atoms with van der Waals surface area (Å²) in [6.07, 6.45) is 0.963. The number of ether oxygens (including phenoxy) is 1. The second-order valence-corrected chi connectivity index (χ2v) is 3.74. The van der Waals surface area contributed by atoms with Crippen LogP contribution in [0.3, 0.4) is 0 Å². The molecule has 0 radical (unpaired) electrons. The zero-order valence-electron chi connectivity index (χ0n) is 7.59. The van der Waals surface area contributed by atoms with Crippen molar-refractivity contribution in [1.29, 1.82) is 0 Å². The Labute approximate surface area is 87.0 Å². The van der Waals surface area contributed by atoms with Crippen molar-refractivity contribution in [3.63, 3.8) is 0 Å². The summed E-state index contributed by atoms with van der Waals surface area (Å²) in [5.41, 5.74) is 0.752. The fraction of sp³-hybridized carbons (Fsp3) is 0.400. The van der Waals surface area contributed by atoms with E-state index in [1.54, 1.807) is 12.1 Å². The van der Waals surface area contributed by atoms with E-state index in [0.29, 0.717) is 6.61 Å². The average molecular weight is 216 g/mol. The first-order valence-electron chi connectivity index (χ1n) is 4.55. The number of hydrogen-bond acceptors (Lipinski definition) is 2. The van der Waals surface area contributed by atoms with Crippen LogP contribution in [0, 0.1) is 5.82 Å². The van der Waals surface area contributed by atoms with Crippen LogP contribution in [-0.2, 0) is 4.74 Å². The van der Waals surface area contributed by atoms with Crippen LogP contribution in [0.2, 0.25) is 5.02 Å². The van der Waals surface area contributed by atoms with Crippen LogP contribution in [-0.4, -0.2) is 19.3 Å². The Morgan fingerprint density at radius 3 is 3.00 bits per heavy atom. The Balaban J connectivity index is 2.05. The minimum atomic E-state index is -0.393. The first-order valence-corrected chi connectivity index (χ1v) is 4.93. The second-order valence-electron chi connectivity index (χ2n) is 3.33. The van der Waals surface area contributed by atoms with Crippen LogP contribution >= 0.6 is 11.6 Å². The zero-order chi connectivity index (χ0) is 9.97. The number of hydrogen-bond donors (Lipinski definition) is 1. The van der Waals surface area contributed by atoms with E-state index >= 15 is 0 Å². The van der Waals surface area contributed by atoms with E-state index in [9.17, 15) is 4.39 Å². The predicted molar refractivity (Wildman–Crippen MR) is 54.3 cm³/mol. The first-order chi connectivity index (χ1) is 6.75. The maximum Gasteiger partial charge on any atom is 0.143 e. The molecule has 0 bridgehead atoms. The summed E-state index contributed by atoms with van der Waals surface area (Å²) in [5, 5.41) is 3.34. The largest absolute Gasteiger partial charge is 0.380 e. The van der Waals surface area contributed by atoms with E-state index in [4.69, 9.17) is 16.3 Å². The maximum atomic E-state index is 13.0. The van der Waals surface area contributed by atoms with Gasteiger partial charge in [-0.15, -0.1) is 0 Å². The number of halogens is 2. The highest BCUT2D eigenvalue weighted by Crippen LogP contribution is 2.20. The van der Waals surface area contributed by atoms with E-state index in [1.165, 1.54) is 6.07 Å². The Morgan fingerprint density at radius 1 is 1.50 bits per heavy atom. The lowest BCUT2D eigenvalue weighted by atomic mass is 10.2. The molecule has 1 aliphatic heterocycles. The monoisotopic (exact) mass is 215 g/mol. The standard InChI is InChI=1S/C10H11ClFNO/c11-9-2-1-7(5-10(9)12)13-8-3-4-14-6-8/h1-2,5,8,13H,3-4,6H2.